The van der Waals surface area contributed by atoms with Crippen molar-refractivity contribution in [1.82, 2.24) is 15.4 Å². The molecule has 0 saturated carbocycles. The quantitative estimate of drug-likeness (QED) is 0.409. The van der Waals surface area contributed by atoms with E-state index in [0.717, 1.165) is 56.5 Å². The van der Waals surface area contributed by atoms with Crippen LogP contribution in [0.1, 0.15) is 57.9 Å². The van der Waals surface area contributed by atoms with Crippen molar-refractivity contribution in [2.75, 3.05) is 26.2 Å². The molecule has 0 aromatic carbocycles. The number of likely N-dealkylation sites (tertiary alicyclic amines) is 1. The van der Waals surface area contributed by atoms with Crippen LogP contribution in [-0.2, 0) is 11.3 Å². The summed E-state index contributed by atoms with van der Waals surface area (Å²) in [5.41, 5.74) is 0.984. The Morgan fingerprint density at radius 2 is 2.12 bits per heavy atom. The third-order valence-electron chi connectivity index (χ3n) is 4.03. The van der Waals surface area contributed by atoms with Gasteiger partial charge in [-0.15, -0.1) is 24.0 Å². The van der Waals surface area contributed by atoms with E-state index in [1.807, 2.05) is 6.07 Å². The molecular weight excluding hydrogens is 419 g/mol. The van der Waals surface area contributed by atoms with E-state index in [-0.39, 0.29) is 24.0 Å². The smallest absolute Gasteiger partial charge is 0.194 e. The second-order valence-corrected chi connectivity index (χ2v) is 6.18. The molecule has 1 aliphatic heterocycles. The van der Waals surface area contributed by atoms with Crippen molar-refractivity contribution >= 4 is 29.9 Å². The zero-order valence-corrected chi connectivity index (χ0v) is 17.6. The van der Waals surface area contributed by atoms with Gasteiger partial charge in [-0.3, -0.25) is 0 Å². The molecule has 6 nitrogen and oxygen atoms in total. The van der Waals surface area contributed by atoms with Gasteiger partial charge in [0.15, 0.2) is 11.7 Å². The van der Waals surface area contributed by atoms with E-state index in [2.05, 4.69) is 43.1 Å². The number of nitrogens with one attached hydrogen (secondary N) is 1. The van der Waals surface area contributed by atoms with Gasteiger partial charge in [-0.25, -0.2) is 4.99 Å². The zero-order chi connectivity index (χ0) is 16.7. The van der Waals surface area contributed by atoms with Crippen LogP contribution in [0.4, 0.5) is 0 Å². The molecule has 138 valence electrons. The molecule has 2 heterocycles. The van der Waals surface area contributed by atoms with Crippen LogP contribution < -0.4 is 5.32 Å². The maximum absolute atomic E-state index is 5.72. The van der Waals surface area contributed by atoms with E-state index in [1.54, 1.807) is 0 Å². The van der Waals surface area contributed by atoms with Crippen LogP contribution in [0.25, 0.3) is 0 Å². The number of ether oxygens (including phenoxy) is 1. The highest BCUT2D eigenvalue weighted by Crippen LogP contribution is 2.16. The SMILES string of the molecule is CCNC(=NCc1cc(C(C)C)no1)N1CCC(OCC)CC1.I. The predicted octanol–water partition coefficient (Wildman–Crippen LogP) is 3.38. The first kappa shape index (κ1) is 21.2. The Balaban J connectivity index is 0.00000288. The molecule has 0 unspecified atom stereocenters. The summed E-state index contributed by atoms with van der Waals surface area (Å²) in [5.74, 6) is 2.14. The summed E-state index contributed by atoms with van der Waals surface area (Å²) in [6, 6.07) is 2.00. The summed E-state index contributed by atoms with van der Waals surface area (Å²) < 4.78 is 11.1. The Morgan fingerprint density at radius 3 is 2.67 bits per heavy atom. The van der Waals surface area contributed by atoms with Gasteiger partial charge in [-0.2, -0.15) is 0 Å². The van der Waals surface area contributed by atoms with Crippen LogP contribution in [0.5, 0.6) is 0 Å². The van der Waals surface area contributed by atoms with Gasteiger partial charge in [-0.05, 0) is 32.6 Å². The van der Waals surface area contributed by atoms with E-state index in [9.17, 15) is 0 Å². The van der Waals surface area contributed by atoms with Crippen LogP contribution in [0.15, 0.2) is 15.6 Å². The minimum absolute atomic E-state index is 0. The third kappa shape index (κ3) is 6.23. The van der Waals surface area contributed by atoms with Crippen LogP contribution in [0, 0.1) is 0 Å². The van der Waals surface area contributed by atoms with E-state index in [1.165, 1.54) is 0 Å². The maximum Gasteiger partial charge on any atom is 0.194 e. The summed E-state index contributed by atoms with van der Waals surface area (Å²) in [5, 5.41) is 7.46. The maximum atomic E-state index is 5.72. The fourth-order valence-corrected chi connectivity index (χ4v) is 2.72. The molecule has 0 aliphatic carbocycles. The highest BCUT2D eigenvalue weighted by molar-refractivity contribution is 14.0. The number of rotatable bonds is 6. The van der Waals surface area contributed by atoms with Crippen molar-refractivity contribution in [2.24, 2.45) is 4.99 Å². The minimum Gasteiger partial charge on any atom is -0.378 e. The van der Waals surface area contributed by atoms with E-state index in [0.29, 0.717) is 18.6 Å². The molecule has 24 heavy (non-hydrogen) atoms. The monoisotopic (exact) mass is 450 g/mol. The Kier molecular flexibility index (Phi) is 9.65. The standard InChI is InChI=1S/C17H30N4O2.HI/c1-5-18-17(21-9-7-14(8-10-21)22-6-2)19-12-15-11-16(13(3)4)20-23-15;/h11,13-14H,5-10,12H2,1-4H3,(H,18,19);1H. The van der Waals surface area contributed by atoms with Crippen LogP contribution in [-0.4, -0.2) is 48.4 Å². The fourth-order valence-electron chi connectivity index (χ4n) is 2.72. The van der Waals surface area contributed by atoms with Gasteiger partial charge in [-0.1, -0.05) is 19.0 Å². The fraction of sp³-hybridized carbons (Fsp3) is 0.765. The van der Waals surface area contributed by atoms with Crippen LogP contribution in [0.3, 0.4) is 0 Å². The summed E-state index contributed by atoms with van der Waals surface area (Å²) in [6.07, 6.45) is 2.50. The molecule has 1 N–H and O–H groups in total. The Morgan fingerprint density at radius 1 is 1.42 bits per heavy atom. The van der Waals surface area contributed by atoms with Crippen molar-refractivity contribution in [3.63, 3.8) is 0 Å². The van der Waals surface area contributed by atoms with Gasteiger partial charge in [0.1, 0.15) is 6.54 Å². The van der Waals surface area contributed by atoms with Crippen LogP contribution >= 0.6 is 24.0 Å². The van der Waals surface area contributed by atoms with Gasteiger partial charge in [0.05, 0.1) is 11.8 Å². The molecular formula is C17H31IN4O2. The first-order chi connectivity index (χ1) is 11.1. The van der Waals surface area contributed by atoms with Gasteiger partial charge < -0.3 is 19.5 Å². The van der Waals surface area contributed by atoms with Crippen molar-refractivity contribution in [3.05, 3.63) is 17.5 Å². The lowest BCUT2D eigenvalue weighted by Crippen LogP contribution is -2.47. The number of aromatic nitrogens is 1. The molecule has 7 heteroatoms. The molecule has 0 radical (unpaired) electrons. The van der Waals surface area contributed by atoms with Crippen molar-refractivity contribution in [1.29, 1.82) is 0 Å². The van der Waals surface area contributed by atoms with E-state index < -0.39 is 0 Å². The average molecular weight is 450 g/mol. The van der Waals surface area contributed by atoms with Crippen molar-refractivity contribution < 1.29 is 9.26 Å². The van der Waals surface area contributed by atoms with Gasteiger partial charge >= 0.3 is 0 Å². The van der Waals surface area contributed by atoms with E-state index >= 15 is 0 Å². The molecule has 1 fully saturated rings. The van der Waals surface area contributed by atoms with Crippen molar-refractivity contribution in [2.45, 2.75) is 59.1 Å². The number of guanidine groups is 1. The first-order valence-electron chi connectivity index (χ1n) is 8.74. The molecule has 1 aromatic rings. The summed E-state index contributed by atoms with van der Waals surface area (Å²) in [7, 11) is 0. The lowest BCUT2D eigenvalue weighted by atomic mass is 10.1. The molecule has 1 aromatic heterocycles. The molecule has 2 rings (SSSR count). The molecule has 0 bridgehead atoms. The minimum atomic E-state index is 0. The Hall–Kier alpha value is -0.830. The summed E-state index contributed by atoms with van der Waals surface area (Å²) in [4.78, 5) is 7.01. The summed E-state index contributed by atoms with van der Waals surface area (Å²) in [6.45, 7) is 12.5. The number of nitrogens with zero attached hydrogens (tertiary/aromatic N) is 3. The molecule has 0 atom stereocenters. The highest BCUT2D eigenvalue weighted by Gasteiger charge is 2.21. The van der Waals surface area contributed by atoms with E-state index in [4.69, 9.17) is 14.3 Å². The van der Waals surface area contributed by atoms with Gasteiger partial charge in [0.2, 0.25) is 0 Å². The number of piperidine rings is 1. The highest BCUT2D eigenvalue weighted by atomic mass is 127. The molecule has 1 aliphatic rings. The number of hydrogen-bond acceptors (Lipinski definition) is 4. The second-order valence-electron chi connectivity index (χ2n) is 6.18. The molecule has 1 saturated heterocycles. The zero-order valence-electron chi connectivity index (χ0n) is 15.2. The number of aliphatic imine (C=N–C) groups is 1. The largest absolute Gasteiger partial charge is 0.378 e. The summed E-state index contributed by atoms with van der Waals surface area (Å²) >= 11 is 0. The Bertz CT molecular complexity index is 497. The average Bonchev–Trinajstić information content (AvgIpc) is 3.02. The van der Waals surface area contributed by atoms with Crippen LogP contribution in [0.2, 0.25) is 0 Å². The lowest BCUT2D eigenvalue weighted by Gasteiger charge is -2.34. The number of hydrogen-bond donors (Lipinski definition) is 1. The molecule has 0 spiro atoms. The second kappa shape index (κ2) is 10.9. The molecule has 0 amide bonds. The normalized spacial score (nSPS) is 16.4. The predicted molar refractivity (Wildman–Crippen MR) is 107 cm³/mol. The Labute approximate surface area is 162 Å². The van der Waals surface area contributed by atoms with Crippen molar-refractivity contribution in [3.8, 4) is 0 Å². The topological polar surface area (TPSA) is 62.9 Å². The van der Waals surface area contributed by atoms with Gasteiger partial charge in [0, 0.05) is 32.3 Å². The third-order valence-corrected chi connectivity index (χ3v) is 4.03. The first-order valence-corrected chi connectivity index (χ1v) is 8.74. The number of halogens is 1. The van der Waals surface area contributed by atoms with Gasteiger partial charge in [0.25, 0.3) is 0 Å². The lowest BCUT2D eigenvalue weighted by molar-refractivity contribution is 0.0263.